The van der Waals surface area contributed by atoms with Crippen LogP contribution in [0, 0.1) is 5.82 Å². The van der Waals surface area contributed by atoms with Crippen LogP contribution in [0.5, 0.6) is 0 Å². The van der Waals surface area contributed by atoms with Gasteiger partial charge in [-0.3, -0.25) is 4.79 Å². The average molecular weight is 375 g/mol. The highest BCUT2D eigenvalue weighted by Crippen LogP contribution is 2.24. The molecule has 138 valence electrons. The zero-order valence-electron chi connectivity index (χ0n) is 13.7. The lowest BCUT2D eigenvalue weighted by Gasteiger charge is -2.26. The summed E-state index contributed by atoms with van der Waals surface area (Å²) in [5.74, 6) is -3.67. The van der Waals surface area contributed by atoms with Crippen molar-refractivity contribution >= 4 is 27.8 Å². The Hall–Kier alpha value is -2.24. The molecule has 9 nitrogen and oxygen atoms in total. The van der Waals surface area contributed by atoms with Crippen molar-refractivity contribution in [3.8, 4) is 0 Å². The minimum Gasteiger partial charge on any atom is -0.478 e. The Balaban J connectivity index is 2.35. The number of carbonyl (C=O) groups is 2. The van der Waals surface area contributed by atoms with Crippen LogP contribution < -0.4 is 9.62 Å². The molecule has 1 aromatic carbocycles. The second-order valence-corrected chi connectivity index (χ2v) is 7.17. The standard InChI is InChI=1S/C14H18FN3O6S/c1-17(2)12-8-9(14(20)21)11(15)7-10(12)13(19)16-25(22,23)18-3-5-24-6-4-18/h7-8H,3-6H2,1-2H3,(H,16,19)(H,20,21). The molecule has 0 atom stereocenters. The van der Waals surface area contributed by atoms with Crippen LogP contribution in [-0.4, -0.2) is 70.1 Å². The Labute approximate surface area is 144 Å². The third-order valence-electron chi connectivity index (χ3n) is 3.57. The van der Waals surface area contributed by atoms with Gasteiger partial charge in [0.15, 0.2) is 0 Å². The largest absolute Gasteiger partial charge is 0.478 e. The summed E-state index contributed by atoms with van der Waals surface area (Å²) < 4.78 is 46.4. The topological polar surface area (TPSA) is 116 Å². The van der Waals surface area contributed by atoms with Crippen molar-refractivity contribution in [1.82, 2.24) is 9.03 Å². The molecule has 11 heteroatoms. The van der Waals surface area contributed by atoms with E-state index in [-0.39, 0.29) is 37.6 Å². The second-order valence-electron chi connectivity index (χ2n) is 5.50. The molecular weight excluding hydrogens is 357 g/mol. The molecule has 2 rings (SSSR count). The van der Waals surface area contributed by atoms with E-state index < -0.39 is 33.5 Å². The van der Waals surface area contributed by atoms with Gasteiger partial charge in [-0.2, -0.15) is 12.7 Å². The third-order valence-corrected chi connectivity index (χ3v) is 5.06. The number of ether oxygens (including phenoxy) is 1. The number of carboxylic acid groups (broad SMARTS) is 1. The zero-order valence-corrected chi connectivity index (χ0v) is 14.5. The van der Waals surface area contributed by atoms with Crippen LogP contribution in [0.15, 0.2) is 12.1 Å². The summed E-state index contributed by atoms with van der Waals surface area (Å²) >= 11 is 0. The van der Waals surface area contributed by atoms with Crippen molar-refractivity contribution in [1.29, 1.82) is 0 Å². The summed E-state index contributed by atoms with van der Waals surface area (Å²) in [6, 6.07) is 1.69. The molecule has 1 fully saturated rings. The van der Waals surface area contributed by atoms with Gasteiger partial charge in [0.25, 0.3) is 5.91 Å². The Kier molecular flexibility index (Phi) is 5.60. The molecule has 1 aliphatic rings. The van der Waals surface area contributed by atoms with Gasteiger partial charge in [0.2, 0.25) is 0 Å². The molecule has 0 aliphatic carbocycles. The van der Waals surface area contributed by atoms with Crippen LogP contribution in [0.4, 0.5) is 10.1 Å². The number of nitrogens with zero attached hydrogens (tertiary/aromatic N) is 2. The maximum Gasteiger partial charge on any atom is 0.338 e. The van der Waals surface area contributed by atoms with Crippen LogP contribution in [0.1, 0.15) is 20.7 Å². The monoisotopic (exact) mass is 375 g/mol. The summed E-state index contributed by atoms with van der Waals surface area (Å²) in [7, 11) is -1.08. The Morgan fingerprint density at radius 3 is 2.36 bits per heavy atom. The Morgan fingerprint density at radius 2 is 1.84 bits per heavy atom. The van der Waals surface area contributed by atoms with Crippen molar-refractivity contribution in [2.45, 2.75) is 0 Å². The van der Waals surface area contributed by atoms with E-state index in [0.717, 1.165) is 10.4 Å². The zero-order chi connectivity index (χ0) is 18.8. The minimum atomic E-state index is -4.12. The van der Waals surface area contributed by atoms with E-state index in [0.29, 0.717) is 6.07 Å². The van der Waals surface area contributed by atoms with Gasteiger partial charge in [-0.25, -0.2) is 13.9 Å². The number of carboxylic acids is 1. The minimum absolute atomic E-state index is 0.0773. The number of morpholine rings is 1. The lowest BCUT2D eigenvalue weighted by Crippen LogP contribution is -2.48. The smallest absolute Gasteiger partial charge is 0.338 e. The van der Waals surface area contributed by atoms with Gasteiger partial charge in [0, 0.05) is 27.2 Å². The number of nitrogens with one attached hydrogen (secondary N) is 1. The summed E-state index contributed by atoms with van der Waals surface area (Å²) in [5, 5.41) is 8.98. The Morgan fingerprint density at radius 1 is 1.24 bits per heavy atom. The van der Waals surface area contributed by atoms with E-state index in [9.17, 15) is 22.4 Å². The van der Waals surface area contributed by atoms with Gasteiger partial charge in [-0.15, -0.1) is 0 Å². The normalized spacial score (nSPS) is 15.6. The third kappa shape index (κ3) is 4.24. The quantitative estimate of drug-likeness (QED) is 0.738. The SMILES string of the molecule is CN(C)c1cc(C(=O)O)c(F)cc1C(=O)NS(=O)(=O)N1CCOCC1. The van der Waals surface area contributed by atoms with Gasteiger partial charge in [-0.1, -0.05) is 0 Å². The molecule has 1 aliphatic heterocycles. The van der Waals surface area contributed by atoms with E-state index >= 15 is 0 Å². The summed E-state index contributed by atoms with van der Waals surface area (Å²) in [5.41, 5.74) is -0.825. The van der Waals surface area contributed by atoms with E-state index in [2.05, 4.69) is 0 Å². The number of anilines is 1. The number of halogens is 1. The van der Waals surface area contributed by atoms with Gasteiger partial charge in [0.05, 0.1) is 30.0 Å². The fourth-order valence-electron chi connectivity index (χ4n) is 2.30. The fourth-order valence-corrected chi connectivity index (χ4v) is 3.40. The number of carbonyl (C=O) groups excluding carboxylic acids is 1. The highest BCUT2D eigenvalue weighted by molar-refractivity contribution is 7.87. The molecule has 2 N–H and O–H groups in total. The molecule has 0 radical (unpaired) electrons. The molecule has 1 aromatic rings. The molecule has 0 unspecified atom stereocenters. The maximum absolute atomic E-state index is 13.9. The van der Waals surface area contributed by atoms with Gasteiger partial charge in [0.1, 0.15) is 5.82 Å². The van der Waals surface area contributed by atoms with Crippen LogP contribution in [0.3, 0.4) is 0 Å². The first-order valence-electron chi connectivity index (χ1n) is 7.27. The second kappa shape index (κ2) is 7.33. The highest BCUT2D eigenvalue weighted by atomic mass is 32.2. The molecule has 0 saturated carbocycles. The van der Waals surface area contributed by atoms with Gasteiger partial charge < -0.3 is 14.7 Å². The predicted molar refractivity (Wildman–Crippen MR) is 86.5 cm³/mol. The maximum atomic E-state index is 13.9. The summed E-state index contributed by atoms with van der Waals surface area (Å²) in [6.45, 7) is 0.602. The van der Waals surface area contributed by atoms with Crippen molar-refractivity contribution in [2.75, 3.05) is 45.3 Å². The highest BCUT2D eigenvalue weighted by Gasteiger charge is 2.28. The average Bonchev–Trinajstić information content (AvgIpc) is 2.54. The number of hydrogen-bond donors (Lipinski definition) is 2. The fraction of sp³-hybridized carbons (Fsp3) is 0.429. The van der Waals surface area contributed by atoms with E-state index in [1.807, 2.05) is 4.72 Å². The molecule has 1 heterocycles. The summed E-state index contributed by atoms with van der Waals surface area (Å²) in [6.07, 6.45) is 0. The number of benzene rings is 1. The lowest BCUT2D eigenvalue weighted by molar-refractivity contribution is 0.0691. The lowest BCUT2D eigenvalue weighted by atomic mass is 10.1. The van der Waals surface area contributed by atoms with Crippen molar-refractivity contribution in [3.05, 3.63) is 29.1 Å². The number of amides is 1. The molecular formula is C14H18FN3O6S. The van der Waals surface area contributed by atoms with Crippen LogP contribution in [-0.2, 0) is 14.9 Å². The van der Waals surface area contributed by atoms with Crippen LogP contribution in [0.25, 0.3) is 0 Å². The van der Waals surface area contributed by atoms with Crippen molar-refractivity contribution < 1.29 is 32.2 Å². The first-order chi connectivity index (χ1) is 11.6. The van der Waals surface area contributed by atoms with Crippen LogP contribution in [0.2, 0.25) is 0 Å². The molecule has 25 heavy (non-hydrogen) atoms. The molecule has 0 spiro atoms. The van der Waals surface area contributed by atoms with Gasteiger partial charge >= 0.3 is 16.2 Å². The molecule has 0 aromatic heterocycles. The number of hydrogen-bond acceptors (Lipinski definition) is 6. The predicted octanol–water partition coefficient (Wildman–Crippen LogP) is -0.103. The van der Waals surface area contributed by atoms with E-state index in [1.54, 1.807) is 0 Å². The van der Waals surface area contributed by atoms with Crippen LogP contribution >= 0.6 is 0 Å². The van der Waals surface area contributed by atoms with E-state index in [4.69, 9.17) is 9.84 Å². The first-order valence-corrected chi connectivity index (χ1v) is 8.71. The molecule has 0 bridgehead atoms. The number of aromatic carboxylic acids is 1. The number of rotatable bonds is 5. The van der Waals surface area contributed by atoms with E-state index in [1.165, 1.54) is 19.0 Å². The molecule has 1 amide bonds. The van der Waals surface area contributed by atoms with Gasteiger partial charge in [-0.05, 0) is 12.1 Å². The van der Waals surface area contributed by atoms with Crippen molar-refractivity contribution in [2.24, 2.45) is 0 Å². The first kappa shape index (κ1) is 19.1. The summed E-state index contributed by atoms with van der Waals surface area (Å²) in [4.78, 5) is 24.8. The Bertz CT molecular complexity index is 790. The van der Waals surface area contributed by atoms with Crippen molar-refractivity contribution in [3.63, 3.8) is 0 Å². The molecule has 1 saturated heterocycles.